The zero-order valence-electron chi connectivity index (χ0n) is 12.0. The summed E-state index contributed by atoms with van der Waals surface area (Å²) in [6, 6.07) is 1.48. The van der Waals surface area contributed by atoms with E-state index in [1.165, 1.54) is 6.07 Å². The quantitative estimate of drug-likeness (QED) is 0.481. The summed E-state index contributed by atoms with van der Waals surface area (Å²) in [5.41, 5.74) is -0.178. The number of hydrogen-bond acceptors (Lipinski definition) is 5. The van der Waals surface area contributed by atoms with Gasteiger partial charge in [0.1, 0.15) is 11.3 Å². The lowest BCUT2D eigenvalue weighted by Gasteiger charge is -2.26. The van der Waals surface area contributed by atoms with Crippen LogP contribution in [0.25, 0.3) is 0 Å². The van der Waals surface area contributed by atoms with Gasteiger partial charge in [0.2, 0.25) is 0 Å². The minimum atomic E-state index is -0.592. The van der Waals surface area contributed by atoms with Crippen LogP contribution in [0.3, 0.4) is 0 Å². The molecule has 1 fully saturated rings. The molecular weight excluding hydrogens is 296 g/mol. The van der Waals surface area contributed by atoms with Crippen LogP contribution in [-0.2, 0) is 0 Å². The molecule has 1 aromatic rings. The molecule has 1 saturated heterocycles. The van der Waals surface area contributed by atoms with Crippen molar-refractivity contribution < 1.29 is 9.72 Å². The van der Waals surface area contributed by atoms with Crippen LogP contribution in [0, 0.1) is 10.1 Å². The van der Waals surface area contributed by atoms with Crippen molar-refractivity contribution in [1.29, 1.82) is 0 Å². The molecule has 0 aromatic carbocycles. The first-order valence-corrected chi connectivity index (χ1v) is 7.03. The van der Waals surface area contributed by atoms with Crippen LogP contribution in [0.5, 0.6) is 0 Å². The van der Waals surface area contributed by atoms with Crippen molar-refractivity contribution in [2.24, 2.45) is 0 Å². The molecule has 2 heterocycles. The summed E-state index contributed by atoms with van der Waals surface area (Å²) < 4.78 is 0. The fourth-order valence-corrected chi connectivity index (χ4v) is 2.69. The number of halogens is 1. The van der Waals surface area contributed by atoms with Gasteiger partial charge >= 0.3 is 0 Å². The van der Waals surface area contributed by atoms with Crippen LogP contribution < -0.4 is 0 Å². The van der Waals surface area contributed by atoms with Gasteiger partial charge in [0, 0.05) is 25.7 Å². The summed E-state index contributed by atoms with van der Waals surface area (Å²) in [5, 5.41) is 10.8. The smallest absolute Gasteiger partial charge is 0.288 e. The van der Waals surface area contributed by atoms with E-state index in [9.17, 15) is 14.9 Å². The number of nitrogens with zero attached hydrogens (tertiary/aromatic N) is 4. The minimum absolute atomic E-state index is 0.0165. The number of rotatable bonds is 4. The Morgan fingerprint density at radius 1 is 1.67 bits per heavy atom. The average molecular weight is 313 g/mol. The van der Waals surface area contributed by atoms with Crippen molar-refractivity contribution in [3.05, 3.63) is 33.1 Å². The fraction of sp³-hybridized carbons (Fsp3) is 0.538. The van der Waals surface area contributed by atoms with Crippen LogP contribution in [0.15, 0.2) is 12.3 Å². The van der Waals surface area contributed by atoms with Crippen molar-refractivity contribution >= 4 is 23.2 Å². The Bertz CT molecular complexity index is 566. The van der Waals surface area contributed by atoms with E-state index in [1.807, 2.05) is 7.05 Å². The Morgan fingerprint density at radius 2 is 2.38 bits per heavy atom. The number of likely N-dealkylation sites (tertiary alicyclic amines) is 1. The molecule has 1 amide bonds. The molecule has 0 N–H and O–H groups in total. The Hall–Kier alpha value is -1.73. The van der Waals surface area contributed by atoms with Crippen molar-refractivity contribution in [1.82, 2.24) is 14.8 Å². The maximum atomic E-state index is 12.4. The number of aromatic nitrogens is 1. The highest BCUT2D eigenvalue weighted by molar-refractivity contribution is 6.32. The van der Waals surface area contributed by atoms with E-state index in [2.05, 4.69) is 9.88 Å². The number of carbonyl (C=O) groups is 1. The molecule has 0 spiro atoms. The molecule has 2 rings (SSSR count). The highest BCUT2D eigenvalue weighted by Gasteiger charge is 2.26. The molecule has 0 bridgehead atoms. The Kier molecular flexibility index (Phi) is 4.74. The van der Waals surface area contributed by atoms with Gasteiger partial charge in [-0.2, -0.15) is 0 Å². The minimum Gasteiger partial charge on any atom is -0.340 e. The third kappa shape index (κ3) is 3.48. The molecule has 0 aliphatic carbocycles. The van der Waals surface area contributed by atoms with Crippen molar-refractivity contribution in [3.8, 4) is 0 Å². The molecule has 0 radical (unpaired) electrons. The molecule has 8 heteroatoms. The molecule has 1 aliphatic rings. The lowest BCUT2D eigenvalue weighted by Crippen LogP contribution is -2.39. The Morgan fingerprint density at radius 3 is 2.95 bits per heavy atom. The van der Waals surface area contributed by atoms with Crippen LogP contribution >= 0.6 is 11.6 Å². The number of amides is 1. The van der Waals surface area contributed by atoms with E-state index in [4.69, 9.17) is 11.6 Å². The maximum absolute atomic E-state index is 12.4. The van der Waals surface area contributed by atoms with Crippen LogP contribution in [0.4, 0.5) is 5.69 Å². The standard InChI is InChI=1S/C13H17ClN4O3/c1-16-5-3-4-9(16)8-17(2)13(19)11-6-10(18(20)21)7-15-12(11)14/h6-7,9H,3-5,8H2,1-2H3. The normalized spacial score (nSPS) is 18.7. The first-order valence-electron chi connectivity index (χ1n) is 6.65. The van der Waals surface area contributed by atoms with Crippen LogP contribution in [0.2, 0.25) is 5.15 Å². The third-order valence-electron chi connectivity index (χ3n) is 3.77. The van der Waals surface area contributed by atoms with E-state index < -0.39 is 4.92 Å². The fourth-order valence-electron chi connectivity index (χ4n) is 2.50. The first-order chi connectivity index (χ1) is 9.90. The lowest BCUT2D eigenvalue weighted by atomic mass is 10.2. The average Bonchev–Trinajstić information content (AvgIpc) is 2.83. The topological polar surface area (TPSA) is 79.6 Å². The van der Waals surface area contributed by atoms with Crippen LogP contribution in [-0.4, -0.2) is 58.8 Å². The Labute approximate surface area is 127 Å². The van der Waals surface area contributed by atoms with Crippen LogP contribution in [0.1, 0.15) is 23.2 Å². The van der Waals surface area contributed by atoms with E-state index in [-0.39, 0.29) is 22.3 Å². The zero-order chi connectivity index (χ0) is 15.6. The maximum Gasteiger partial charge on any atom is 0.288 e. The largest absolute Gasteiger partial charge is 0.340 e. The van der Waals surface area contributed by atoms with Crippen molar-refractivity contribution in [2.45, 2.75) is 18.9 Å². The first kappa shape index (κ1) is 15.7. The molecular formula is C13H17ClN4O3. The number of nitro groups is 1. The predicted molar refractivity (Wildman–Crippen MR) is 78.5 cm³/mol. The van der Waals surface area contributed by atoms with Gasteiger partial charge in [0.25, 0.3) is 11.6 Å². The number of carbonyl (C=O) groups excluding carboxylic acids is 1. The Balaban J connectivity index is 2.15. The van der Waals surface area contributed by atoms with Gasteiger partial charge in [-0.3, -0.25) is 14.9 Å². The SMILES string of the molecule is CN(CC1CCCN1C)C(=O)c1cc([N+](=O)[O-])cnc1Cl. The summed E-state index contributed by atoms with van der Waals surface area (Å²) in [7, 11) is 3.70. The van der Waals surface area contributed by atoms with Gasteiger partial charge in [-0.25, -0.2) is 4.98 Å². The summed E-state index contributed by atoms with van der Waals surface area (Å²) in [6.45, 7) is 1.58. The molecule has 21 heavy (non-hydrogen) atoms. The van der Waals surface area contributed by atoms with Gasteiger partial charge in [-0.15, -0.1) is 0 Å². The number of pyridine rings is 1. The van der Waals surface area contributed by atoms with Crippen molar-refractivity contribution in [2.75, 3.05) is 27.2 Å². The molecule has 1 aromatic heterocycles. The van der Waals surface area contributed by atoms with E-state index in [0.29, 0.717) is 12.6 Å². The highest BCUT2D eigenvalue weighted by Crippen LogP contribution is 2.22. The van der Waals surface area contributed by atoms with E-state index in [0.717, 1.165) is 25.6 Å². The number of likely N-dealkylation sites (N-methyl/N-ethyl adjacent to an activating group) is 2. The second-order valence-electron chi connectivity index (χ2n) is 5.25. The summed E-state index contributed by atoms with van der Waals surface area (Å²) >= 11 is 5.89. The molecule has 1 atom stereocenters. The summed E-state index contributed by atoms with van der Waals surface area (Å²) in [5.74, 6) is -0.350. The van der Waals surface area contributed by atoms with E-state index >= 15 is 0 Å². The molecule has 1 aliphatic heterocycles. The monoisotopic (exact) mass is 312 g/mol. The van der Waals surface area contributed by atoms with Crippen molar-refractivity contribution in [3.63, 3.8) is 0 Å². The zero-order valence-corrected chi connectivity index (χ0v) is 12.7. The highest BCUT2D eigenvalue weighted by atomic mass is 35.5. The summed E-state index contributed by atoms with van der Waals surface area (Å²) in [6.07, 6.45) is 3.20. The van der Waals surface area contributed by atoms with Gasteiger partial charge in [-0.1, -0.05) is 11.6 Å². The summed E-state index contributed by atoms with van der Waals surface area (Å²) in [4.78, 5) is 30.0. The molecule has 1 unspecified atom stereocenters. The van der Waals surface area contributed by atoms with E-state index in [1.54, 1.807) is 11.9 Å². The van der Waals surface area contributed by atoms with Gasteiger partial charge in [0.05, 0.1) is 10.5 Å². The predicted octanol–water partition coefficient (Wildman–Crippen LogP) is 1.81. The molecule has 0 saturated carbocycles. The lowest BCUT2D eigenvalue weighted by molar-refractivity contribution is -0.385. The molecule has 7 nitrogen and oxygen atoms in total. The second-order valence-corrected chi connectivity index (χ2v) is 5.61. The van der Waals surface area contributed by atoms with Gasteiger partial charge in [-0.05, 0) is 26.4 Å². The van der Waals surface area contributed by atoms with Gasteiger partial charge in [0.15, 0.2) is 0 Å². The second kappa shape index (κ2) is 6.36. The third-order valence-corrected chi connectivity index (χ3v) is 4.07. The molecule has 114 valence electrons. The van der Waals surface area contributed by atoms with Gasteiger partial charge < -0.3 is 9.80 Å². The number of hydrogen-bond donors (Lipinski definition) is 0.